The van der Waals surface area contributed by atoms with Gasteiger partial charge in [-0.1, -0.05) is 0 Å². The average Bonchev–Trinajstić information content (AvgIpc) is 2.57. The molecule has 1 atom stereocenters. The number of nitrogens with zero attached hydrogens (tertiary/aromatic N) is 1. The van der Waals surface area contributed by atoms with Crippen LogP contribution in [0.15, 0.2) is 18.2 Å². The molecule has 0 radical (unpaired) electrons. The number of anilines is 1. The maximum Gasteiger partial charge on any atom is 0.335 e. The summed E-state index contributed by atoms with van der Waals surface area (Å²) < 4.78 is 13.2. The third kappa shape index (κ3) is 2.41. The standard InChI is InChI=1S/C11H10FNO3S/c12-7-1-6(11(15)16)2-8(3-7)13-5-9(17)4-10(13)14/h1-3,9,17H,4-5H2,(H,15,16). The molecule has 1 fully saturated rings. The lowest BCUT2D eigenvalue weighted by molar-refractivity contribution is -0.117. The number of carboxylic acids is 1. The zero-order chi connectivity index (χ0) is 12.6. The van der Waals surface area contributed by atoms with Gasteiger partial charge in [-0.3, -0.25) is 4.79 Å². The first-order chi connectivity index (χ1) is 7.97. The number of amides is 1. The van der Waals surface area contributed by atoms with Crippen LogP contribution in [0.3, 0.4) is 0 Å². The van der Waals surface area contributed by atoms with E-state index in [0.29, 0.717) is 6.54 Å². The highest BCUT2D eigenvalue weighted by Gasteiger charge is 2.29. The van der Waals surface area contributed by atoms with Crippen LogP contribution in [0, 0.1) is 5.82 Å². The van der Waals surface area contributed by atoms with Gasteiger partial charge in [0.2, 0.25) is 5.91 Å². The van der Waals surface area contributed by atoms with Gasteiger partial charge in [0.15, 0.2) is 0 Å². The van der Waals surface area contributed by atoms with Crippen molar-refractivity contribution in [2.24, 2.45) is 0 Å². The van der Waals surface area contributed by atoms with Crippen molar-refractivity contribution >= 4 is 30.2 Å². The minimum atomic E-state index is -1.22. The molecule has 2 rings (SSSR count). The van der Waals surface area contributed by atoms with Crippen LogP contribution in [0.4, 0.5) is 10.1 Å². The second-order valence-corrected chi connectivity index (χ2v) is 4.60. The Kier molecular flexibility index (Phi) is 3.06. The van der Waals surface area contributed by atoms with Crippen LogP contribution in [-0.4, -0.2) is 28.8 Å². The second kappa shape index (κ2) is 4.37. The quantitative estimate of drug-likeness (QED) is 0.788. The van der Waals surface area contributed by atoms with E-state index in [-0.39, 0.29) is 28.8 Å². The number of halogens is 1. The van der Waals surface area contributed by atoms with Crippen molar-refractivity contribution in [2.75, 3.05) is 11.4 Å². The Hall–Kier alpha value is -1.56. The molecule has 1 amide bonds. The number of carboxylic acid groups (broad SMARTS) is 1. The van der Waals surface area contributed by atoms with Crippen molar-refractivity contribution in [1.82, 2.24) is 0 Å². The maximum atomic E-state index is 13.2. The molecule has 0 aliphatic carbocycles. The van der Waals surface area contributed by atoms with Crippen LogP contribution in [0.1, 0.15) is 16.8 Å². The molecule has 1 saturated heterocycles. The number of hydrogen-bond acceptors (Lipinski definition) is 3. The van der Waals surface area contributed by atoms with Crippen LogP contribution in [0.2, 0.25) is 0 Å². The summed E-state index contributed by atoms with van der Waals surface area (Å²) in [5.74, 6) is -2.07. The molecule has 6 heteroatoms. The first-order valence-electron chi connectivity index (χ1n) is 4.99. The summed E-state index contributed by atoms with van der Waals surface area (Å²) in [6.45, 7) is 0.366. The highest BCUT2D eigenvalue weighted by atomic mass is 32.1. The topological polar surface area (TPSA) is 57.6 Å². The molecule has 1 aromatic rings. The summed E-state index contributed by atoms with van der Waals surface area (Å²) in [5.41, 5.74) is 0.0966. The molecule has 17 heavy (non-hydrogen) atoms. The minimum absolute atomic E-state index is 0.0981. The summed E-state index contributed by atoms with van der Waals surface area (Å²) in [4.78, 5) is 23.7. The number of thiol groups is 1. The lowest BCUT2D eigenvalue weighted by atomic mass is 10.2. The fraction of sp³-hybridized carbons (Fsp3) is 0.273. The Balaban J connectivity index is 2.39. The molecule has 0 spiro atoms. The summed E-state index contributed by atoms with van der Waals surface area (Å²) in [5, 5.41) is 8.71. The van der Waals surface area contributed by atoms with Crippen LogP contribution in [0.5, 0.6) is 0 Å². The van der Waals surface area contributed by atoms with Gasteiger partial charge in [-0.05, 0) is 18.2 Å². The van der Waals surface area contributed by atoms with Gasteiger partial charge < -0.3 is 10.0 Å². The predicted octanol–water partition coefficient (Wildman–Crippen LogP) is 1.56. The van der Waals surface area contributed by atoms with Crippen LogP contribution < -0.4 is 4.90 Å². The van der Waals surface area contributed by atoms with Crippen molar-refractivity contribution in [2.45, 2.75) is 11.7 Å². The van der Waals surface area contributed by atoms with Gasteiger partial charge >= 0.3 is 5.97 Å². The normalized spacial score (nSPS) is 19.8. The maximum absolute atomic E-state index is 13.2. The van der Waals surface area contributed by atoms with Gasteiger partial charge in [0, 0.05) is 23.9 Å². The van der Waals surface area contributed by atoms with Gasteiger partial charge in [-0.15, -0.1) is 0 Å². The van der Waals surface area contributed by atoms with Crippen LogP contribution in [0.25, 0.3) is 0 Å². The number of hydrogen-bond donors (Lipinski definition) is 2. The zero-order valence-corrected chi connectivity index (χ0v) is 9.65. The van der Waals surface area contributed by atoms with E-state index in [0.717, 1.165) is 12.1 Å². The second-order valence-electron chi connectivity index (χ2n) is 3.87. The molecule has 1 unspecified atom stereocenters. The Labute approximate surface area is 102 Å². The average molecular weight is 255 g/mol. The fourth-order valence-corrected chi connectivity index (χ4v) is 2.11. The van der Waals surface area contributed by atoms with E-state index in [1.165, 1.54) is 11.0 Å². The third-order valence-corrected chi connectivity index (χ3v) is 2.89. The van der Waals surface area contributed by atoms with E-state index in [1.54, 1.807) is 0 Å². The lowest BCUT2D eigenvalue weighted by Crippen LogP contribution is -2.25. The summed E-state index contributed by atoms with van der Waals surface area (Å²) in [6.07, 6.45) is 0.280. The van der Waals surface area contributed by atoms with Gasteiger partial charge in [0.1, 0.15) is 5.82 Å². The monoisotopic (exact) mass is 255 g/mol. The van der Waals surface area contributed by atoms with Gasteiger partial charge in [0.25, 0.3) is 0 Å². The molecule has 0 saturated carbocycles. The van der Waals surface area contributed by atoms with Crippen molar-refractivity contribution in [3.8, 4) is 0 Å². The van der Waals surface area contributed by atoms with E-state index >= 15 is 0 Å². The molecule has 1 N–H and O–H groups in total. The number of aromatic carboxylic acids is 1. The SMILES string of the molecule is O=C(O)c1cc(F)cc(N2CC(S)CC2=O)c1. The van der Waals surface area contributed by atoms with Crippen molar-refractivity contribution < 1.29 is 19.1 Å². The molecule has 1 heterocycles. The zero-order valence-electron chi connectivity index (χ0n) is 8.76. The first-order valence-corrected chi connectivity index (χ1v) is 5.51. The van der Waals surface area contributed by atoms with E-state index in [2.05, 4.69) is 12.6 Å². The summed E-state index contributed by atoms with van der Waals surface area (Å²) in [7, 11) is 0. The Morgan fingerprint density at radius 1 is 1.47 bits per heavy atom. The Bertz CT molecular complexity index is 492. The van der Waals surface area contributed by atoms with Crippen molar-refractivity contribution in [3.63, 3.8) is 0 Å². The fourth-order valence-electron chi connectivity index (χ4n) is 1.79. The molecule has 1 aliphatic rings. The van der Waals surface area contributed by atoms with Crippen molar-refractivity contribution in [3.05, 3.63) is 29.6 Å². The van der Waals surface area contributed by atoms with Crippen molar-refractivity contribution in [1.29, 1.82) is 0 Å². The van der Waals surface area contributed by atoms with E-state index in [1.807, 2.05) is 0 Å². The van der Waals surface area contributed by atoms with Gasteiger partial charge in [-0.2, -0.15) is 12.6 Å². The smallest absolute Gasteiger partial charge is 0.335 e. The van der Waals surface area contributed by atoms with Gasteiger partial charge in [-0.25, -0.2) is 9.18 Å². The Morgan fingerprint density at radius 2 is 2.18 bits per heavy atom. The molecular weight excluding hydrogens is 245 g/mol. The number of rotatable bonds is 2. The van der Waals surface area contributed by atoms with Gasteiger partial charge in [0.05, 0.1) is 5.56 Å². The molecule has 4 nitrogen and oxygen atoms in total. The number of carbonyl (C=O) groups is 2. The highest BCUT2D eigenvalue weighted by molar-refractivity contribution is 7.81. The molecule has 1 aromatic carbocycles. The summed E-state index contributed by atoms with van der Waals surface area (Å²) >= 11 is 4.18. The van der Waals surface area contributed by atoms with E-state index in [4.69, 9.17) is 5.11 Å². The third-order valence-electron chi connectivity index (χ3n) is 2.55. The summed E-state index contributed by atoms with van der Waals surface area (Å²) in [6, 6.07) is 3.36. The molecule has 0 bridgehead atoms. The molecule has 90 valence electrons. The highest BCUT2D eigenvalue weighted by Crippen LogP contribution is 2.25. The predicted molar refractivity (Wildman–Crippen MR) is 63.1 cm³/mol. The van der Waals surface area contributed by atoms with E-state index < -0.39 is 11.8 Å². The molecular formula is C11H10FNO3S. The molecule has 0 aromatic heterocycles. The number of carbonyl (C=O) groups excluding carboxylic acids is 1. The lowest BCUT2D eigenvalue weighted by Gasteiger charge is -2.16. The minimum Gasteiger partial charge on any atom is -0.478 e. The first kappa shape index (κ1) is 11.9. The number of benzene rings is 1. The Morgan fingerprint density at radius 3 is 2.71 bits per heavy atom. The van der Waals surface area contributed by atoms with Crippen LogP contribution in [-0.2, 0) is 4.79 Å². The van der Waals surface area contributed by atoms with E-state index in [9.17, 15) is 14.0 Å². The van der Waals surface area contributed by atoms with Crippen LogP contribution >= 0.6 is 12.6 Å². The molecule has 1 aliphatic heterocycles. The largest absolute Gasteiger partial charge is 0.478 e.